The lowest BCUT2D eigenvalue weighted by atomic mass is 9.86. The summed E-state index contributed by atoms with van der Waals surface area (Å²) in [5.74, 6) is 0.536. The average Bonchev–Trinajstić information content (AvgIpc) is 3.31. The molecule has 0 aliphatic carbocycles. The molecule has 3 heterocycles. The molecule has 0 bridgehead atoms. The van der Waals surface area contributed by atoms with E-state index >= 15 is 0 Å². The van der Waals surface area contributed by atoms with Crippen LogP contribution in [0.2, 0.25) is 13.1 Å². The van der Waals surface area contributed by atoms with Gasteiger partial charge in [-0.3, -0.25) is 9.78 Å². The van der Waals surface area contributed by atoms with Gasteiger partial charge < -0.3 is 14.7 Å². The van der Waals surface area contributed by atoms with Crippen molar-refractivity contribution in [3.63, 3.8) is 0 Å². The number of hydrogen-bond donors (Lipinski definition) is 2. The predicted molar refractivity (Wildman–Crippen MR) is 127 cm³/mol. The van der Waals surface area contributed by atoms with E-state index in [1.807, 2.05) is 29.8 Å². The highest BCUT2D eigenvalue weighted by atomic mass is 32.2. The van der Waals surface area contributed by atoms with Crippen molar-refractivity contribution in [2.45, 2.75) is 44.7 Å². The van der Waals surface area contributed by atoms with E-state index in [1.54, 1.807) is 18.0 Å². The number of ketones is 1. The maximum absolute atomic E-state index is 13.5. The number of aromatic nitrogens is 2. The third kappa shape index (κ3) is 4.04. The van der Waals surface area contributed by atoms with Crippen LogP contribution in [0.25, 0.3) is 10.9 Å². The normalized spacial score (nSPS) is 16.6. The van der Waals surface area contributed by atoms with Crippen molar-refractivity contribution in [1.29, 1.82) is 0 Å². The summed E-state index contributed by atoms with van der Waals surface area (Å²) in [7, 11) is -1.40. The van der Waals surface area contributed by atoms with Gasteiger partial charge in [0.05, 0.1) is 11.3 Å². The number of rotatable bonds is 5. The van der Waals surface area contributed by atoms with E-state index in [0.717, 1.165) is 16.5 Å². The van der Waals surface area contributed by atoms with E-state index in [4.69, 9.17) is 4.43 Å². The maximum atomic E-state index is 13.5. The summed E-state index contributed by atoms with van der Waals surface area (Å²) in [6.45, 7) is 10.8. The quantitative estimate of drug-likeness (QED) is 0.420. The highest BCUT2D eigenvalue weighted by Gasteiger charge is 2.29. The van der Waals surface area contributed by atoms with Crippen LogP contribution in [-0.4, -0.2) is 24.8 Å². The number of benzene rings is 1. The standard InChI is InChI=1S/C23H27N3O2SSi/c1-23(2,3)15-8-9-16-17(11-15)25-21(28-30(4)5)19(16)20(27)18-13-29-22(26-18)14-7-6-10-24-12-14/h6-13,22,25-26,30H,1-5H3. The number of nitrogens with zero attached hydrogens (tertiary/aromatic N) is 1. The van der Waals surface area contributed by atoms with Crippen molar-refractivity contribution in [3.8, 4) is 5.88 Å². The van der Waals surface area contributed by atoms with Crippen LogP contribution in [0, 0.1) is 0 Å². The summed E-state index contributed by atoms with van der Waals surface area (Å²) >= 11 is 1.58. The van der Waals surface area contributed by atoms with Gasteiger partial charge in [-0.25, -0.2) is 0 Å². The van der Waals surface area contributed by atoms with Gasteiger partial charge in [0.1, 0.15) is 5.37 Å². The Kier molecular flexibility index (Phi) is 5.51. The van der Waals surface area contributed by atoms with Crippen LogP contribution >= 0.6 is 11.8 Å². The Bertz CT molecular complexity index is 1120. The summed E-state index contributed by atoms with van der Waals surface area (Å²) in [5, 5.41) is 6.14. The number of carbonyl (C=O) groups excluding carboxylic acids is 1. The van der Waals surface area contributed by atoms with E-state index in [2.05, 4.69) is 61.3 Å². The number of pyridine rings is 1. The largest absolute Gasteiger partial charge is 0.535 e. The van der Waals surface area contributed by atoms with Crippen molar-refractivity contribution in [2.24, 2.45) is 0 Å². The highest BCUT2D eigenvalue weighted by molar-refractivity contribution is 8.02. The Labute approximate surface area is 183 Å². The average molecular weight is 438 g/mol. The van der Waals surface area contributed by atoms with Crippen LogP contribution < -0.4 is 9.74 Å². The van der Waals surface area contributed by atoms with Crippen LogP contribution in [0.5, 0.6) is 5.88 Å². The Morgan fingerprint density at radius 3 is 2.70 bits per heavy atom. The number of fused-ring (bicyclic) bond motifs is 1. The SMILES string of the molecule is C[SiH](C)Oc1[nH]c2cc(C(C)(C)C)ccc2c1C(=O)C1=CSC(c2cccnc2)N1. The minimum atomic E-state index is -1.40. The molecule has 7 heteroatoms. The molecule has 5 nitrogen and oxygen atoms in total. The summed E-state index contributed by atoms with van der Waals surface area (Å²) in [6, 6.07) is 10.2. The van der Waals surface area contributed by atoms with E-state index in [-0.39, 0.29) is 16.6 Å². The van der Waals surface area contributed by atoms with Crippen LogP contribution in [-0.2, 0) is 5.41 Å². The predicted octanol–water partition coefficient (Wildman–Crippen LogP) is 5.28. The van der Waals surface area contributed by atoms with Crippen LogP contribution in [0.1, 0.15) is 47.6 Å². The van der Waals surface area contributed by atoms with Gasteiger partial charge in [-0.2, -0.15) is 0 Å². The number of H-pyrrole nitrogens is 1. The first kappa shape index (κ1) is 20.7. The van der Waals surface area contributed by atoms with Crippen LogP contribution in [0.4, 0.5) is 0 Å². The first-order valence-electron chi connectivity index (χ1n) is 10.1. The van der Waals surface area contributed by atoms with Crippen molar-refractivity contribution in [1.82, 2.24) is 15.3 Å². The number of carbonyl (C=O) groups is 1. The second kappa shape index (κ2) is 7.96. The Morgan fingerprint density at radius 2 is 2.03 bits per heavy atom. The van der Waals surface area contributed by atoms with Crippen LogP contribution in [0.15, 0.2) is 53.8 Å². The molecule has 1 aromatic carbocycles. The van der Waals surface area contributed by atoms with E-state index in [9.17, 15) is 4.79 Å². The fraction of sp³-hybridized carbons (Fsp3) is 0.304. The molecule has 3 aromatic rings. The molecule has 0 spiro atoms. The molecule has 0 fully saturated rings. The van der Waals surface area contributed by atoms with Gasteiger partial charge in [0.25, 0.3) is 0 Å². The van der Waals surface area contributed by atoms with Gasteiger partial charge in [-0.15, -0.1) is 11.8 Å². The topological polar surface area (TPSA) is 67.0 Å². The van der Waals surface area contributed by atoms with E-state index < -0.39 is 9.04 Å². The molecule has 0 saturated carbocycles. The molecular weight excluding hydrogens is 410 g/mol. The first-order valence-corrected chi connectivity index (χ1v) is 13.9. The van der Waals surface area contributed by atoms with Crippen LogP contribution in [0.3, 0.4) is 0 Å². The summed E-state index contributed by atoms with van der Waals surface area (Å²) in [4.78, 5) is 21.1. The van der Waals surface area contributed by atoms with Gasteiger partial charge in [-0.05, 0) is 36.2 Å². The molecule has 1 aliphatic rings. The highest BCUT2D eigenvalue weighted by Crippen LogP contribution is 2.38. The summed E-state index contributed by atoms with van der Waals surface area (Å²) in [5.41, 5.74) is 4.42. The monoisotopic (exact) mass is 437 g/mol. The van der Waals surface area contributed by atoms with E-state index in [0.29, 0.717) is 17.1 Å². The van der Waals surface area contributed by atoms with Gasteiger partial charge in [0.2, 0.25) is 14.8 Å². The molecule has 0 radical (unpaired) electrons. The van der Waals surface area contributed by atoms with Crippen molar-refractivity contribution in [2.75, 3.05) is 0 Å². The Balaban J connectivity index is 1.70. The molecular formula is C23H27N3O2SSi. The number of thioether (sulfide) groups is 1. The van der Waals surface area contributed by atoms with Crippen molar-refractivity contribution >= 4 is 37.5 Å². The zero-order chi connectivity index (χ0) is 21.5. The van der Waals surface area contributed by atoms with Gasteiger partial charge in [0.15, 0.2) is 5.88 Å². The third-order valence-corrected chi connectivity index (χ3v) is 6.79. The molecule has 1 aliphatic heterocycles. The second-order valence-electron chi connectivity index (χ2n) is 8.81. The molecule has 0 saturated heterocycles. The zero-order valence-corrected chi connectivity index (χ0v) is 19.9. The summed E-state index contributed by atoms with van der Waals surface area (Å²) in [6.07, 6.45) is 3.57. The smallest absolute Gasteiger partial charge is 0.231 e. The zero-order valence-electron chi connectivity index (χ0n) is 17.9. The molecule has 156 valence electrons. The fourth-order valence-corrected chi connectivity index (χ4v) is 5.07. The second-order valence-corrected chi connectivity index (χ2v) is 12.1. The lowest BCUT2D eigenvalue weighted by molar-refractivity contribution is 0.102. The number of allylic oxidation sites excluding steroid dienone is 1. The van der Waals surface area contributed by atoms with Crippen molar-refractivity contribution < 1.29 is 9.22 Å². The minimum absolute atomic E-state index is 0.0146. The molecule has 4 rings (SSSR count). The molecule has 2 aromatic heterocycles. The molecule has 30 heavy (non-hydrogen) atoms. The van der Waals surface area contributed by atoms with Gasteiger partial charge in [0, 0.05) is 34.3 Å². The maximum Gasteiger partial charge on any atom is 0.231 e. The third-order valence-electron chi connectivity index (χ3n) is 5.05. The van der Waals surface area contributed by atoms with E-state index in [1.165, 1.54) is 5.56 Å². The number of hydrogen-bond acceptors (Lipinski definition) is 5. The molecule has 2 N–H and O–H groups in total. The lowest BCUT2D eigenvalue weighted by Crippen LogP contribution is -2.21. The number of nitrogens with one attached hydrogen (secondary N) is 2. The Hall–Kier alpha value is -2.51. The molecule has 0 amide bonds. The molecule has 1 unspecified atom stereocenters. The number of Topliss-reactive ketones (excluding diaryl/α,β-unsaturated/α-hetero) is 1. The summed E-state index contributed by atoms with van der Waals surface area (Å²) < 4.78 is 6.14. The van der Waals surface area contributed by atoms with Gasteiger partial charge in [-0.1, -0.05) is 39.0 Å². The minimum Gasteiger partial charge on any atom is -0.535 e. The van der Waals surface area contributed by atoms with Gasteiger partial charge >= 0.3 is 0 Å². The first-order chi connectivity index (χ1) is 14.2. The number of aromatic amines is 1. The fourth-order valence-electron chi connectivity index (χ4n) is 3.48. The Morgan fingerprint density at radius 1 is 1.23 bits per heavy atom. The lowest BCUT2D eigenvalue weighted by Gasteiger charge is -2.18. The molecule has 1 atom stereocenters. The van der Waals surface area contributed by atoms with Crippen molar-refractivity contribution in [3.05, 3.63) is 70.5 Å².